The Bertz CT molecular complexity index is 487. The Morgan fingerprint density at radius 1 is 1.52 bits per heavy atom. The lowest BCUT2D eigenvalue weighted by atomic mass is 10.1. The average molecular weight is 309 g/mol. The quantitative estimate of drug-likeness (QED) is 0.832. The number of hydrogen-bond donors (Lipinski definition) is 2. The van der Waals surface area contributed by atoms with Crippen molar-refractivity contribution >= 4 is 17.4 Å². The second kappa shape index (κ2) is 6.77. The Morgan fingerprint density at radius 2 is 2.38 bits per heavy atom. The van der Waals surface area contributed by atoms with Crippen molar-refractivity contribution in [1.82, 2.24) is 15.1 Å². The highest BCUT2D eigenvalue weighted by Crippen LogP contribution is 2.26. The van der Waals surface area contributed by atoms with E-state index in [2.05, 4.69) is 21.7 Å². The topological polar surface area (TPSA) is 55.8 Å². The lowest BCUT2D eigenvalue weighted by Crippen LogP contribution is -2.45. The van der Waals surface area contributed by atoms with Gasteiger partial charge in [-0.05, 0) is 36.3 Å². The maximum Gasteiger partial charge on any atom is 0.317 e. The summed E-state index contributed by atoms with van der Waals surface area (Å²) in [6.07, 6.45) is 3.26. The van der Waals surface area contributed by atoms with Crippen molar-refractivity contribution in [2.75, 3.05) is 32.8 Å². The fourth-order valence-corrected chi connectivity index (χ4v) is 3.75. The summed E-state index contributed by atoms with van der Waals surface area (Å²) in [4.78, 5) is 17.8. The number of nitrogens with one attached hydrogen (secondary N) is 1. The van der Waals surface area contributed by atoms with Crippen molar-refractivity contribution in [1.29, 1.82) is 0 Å². The van der Waals surface area contributed by atoms with Gasteiger partial charge in [-0.15, -0.1) is 11.3 Å². The zero-order chi connectivity index (χ0) is 14.7. The minimum atomic E-state index is -0.0280. The van der Waals surface area contributed by atoms with Gasteiger partial charge in [0, 0.05) is 43.6 Å². The zero-order valence-electron chi connectivity index (χ0n) is 12.3. The summed E-state index contributed by atoms with van der Waals surface area (Å²) in [6.45, 7) is 4.12. The molecule has 0 unspecified atom stereocenters. The van der Waals surface area contributed by atoms with Crippen molar-refractivity contribution in [3.05, 3.63) is 21.9 Å². The van der Waals surface area contributed by atoms with Crippen LogP contribution in [0.25, 0.3) is 0 Å². The number of aliphatic hydroxyl groups excluding tert-OH is 1. The molecule has 2 N–H and O–H groups in total. The molecule has 1 aromatic heterocycles. The van der Waals surface area contributed by atoms with Gasteiger partial charge in [-0.1, -0.05) is 0 Å². The first-order valence-corrected chi connectivity index (χ1v) is 8.59. The normalized spacial score (nSPS) is 18.3. The molecule has 5 nitrogen and oxygen atoms in total. The number of carbonyl (C=O) groups is 1. The first-order chi connectivity index (χ1) is 10.3. The molecule has 0 radical (unpaired) electrons. The maximum atomic E-state index is 12.1. The second-order valence-corrected chi connectivity index (χ2v) is 6.78. The molecule has 2 amide bonds. The minimum absolute atomic E-state index is 0.0280. The van der Waals surface area contributed by atoms with Crippen LogP contribution in [-0.4, -0.2) is 59.8 Å². The third-order valence-electron chi connectivity index (χ3n) is 4.18. The van der Waals surface area contributed by atoms with Crippen molar-refractivity contribution in [2.24, 2.45) is 0 Å². The molecule has 1 fully saturated rings. The number of nitrogens with zero attached hydrogens (tertiary/aromatic N) is 2. The SMILES string of the molecule is O=C(NCCN1CCc2sccc2C1)N(CCO)C1CC1. The van der Waals surface area contributed by atoms with Gasteiger partial charge in [0.1, 0.15) is 0 Å². The van der Waals surface area contributed by atoms with E-state index < -0.39 is 0 Å². The van der Waals surface area contributed by atoms with E-state index in [0.29, 0.717) is 19.1 Å². The van der Waals surface area contributed by atoms with E-state index in [1.165, 1.54) is 10.4 Å². The van der Waals surface area contributed by atoms with E-state index in [1.54, 1.807) is 4.90 Å². The van der Waals surface area contributed by atoms with Crippen LogP contribution in [0.2, 0.25) is 0 Å². The van der Waals surface area contributed by atoms with Crippen LogP contribution in [-0.2, 0) is 13.0 Å². The summed E-state index contributed by atoms with van der Waals surface area (Å²) >= 11 is 1.85. The smallest absolute Gasteiger partial charge is 0.317 e. The lowest BCUT2D eigenvalue weighted by Gasteiger charge is -2.27. The van der Waals surface area contributed by atoms with Gasteiger partial charge in [0.15, 0.2) is 0 Å². The molecule has 21 heavy (non-hydrogen) atoms. The number of amides is 2. The molecule has 116 valence electrons. The molecular weight excluding hydrogens is 286 g/mol. The van der Waals surface area contributed by atoms with Crippen molar-refractivity contribution in [3.8, 4) is 0 Å². The molecular formula is C15H23N3O2S. The van der Waals surface area contributed by atoms with Crippen LogP contribution in [0.15, 0.2) is 11.4 Å². The summed E-state index contributed by atoms with van der Waals surface area (Å²) in [5.74, 6) is 0. The predicted molar refractivity (Wildman–Crippen MR) is 83.5 cm³/mol. The lowest BCUT2D eigenvalue weighted by molar-refractivity contribution is 0.171. The highest BCUT2D eigenvalue weighted by molar-refractivity contribution is 7.10. The third kappa shape index (κ3) is 3.75. The van der Waals surface area contributed by atoms with Crippen molar-refractivity contribution in [3.63, 3.8) is 0 Å². The standard InChI is InChI=1S/C15H23N3O2S/c19-9-8-18(13-1-2-13)15(20)16-5-7-17-6-3-14-12(11-17)4-10-21-14/h4,10,13,19H,1-3,5-9,11H2,(H,16,20). The number of thiophene rings is 1. The van der Waals surface area contributed by atoms with Crippen LogP contribution in [0, 0.1) is 0 Å². The molecule has 0 aromatic carbocycles. The molecule has 0 atom stereocenters. The first kappa shape index (κ1) is 14.8. The number of hydrogen-bond acceptors (Lipinski definition) is 4. The van der Waals surface area contributed by atoms with Crippen LogP contribution in [0.5, 0.6) is 0 Å². The molecule has 1 aliphatic carbocycles. The Morgan fingerprint density at radius 3 is 3.14 bits per heavy atom. The average Bonchev–Trinajstić information content (AvgIpc) is 3.21. The van der Waals surface area contributed by atoms with Crippen LogP contribution < -0.4 is 5.32 Å². The van der Waals surface area contributed by atoms with Gasteiger partial charge in [0.05, 0.1) is 6.61 Å². The molecule has 2 aliphatic rings. The fraction of sp³-hybridized carbons (Fsp3) is 0.667. The monoisotopic (exact) mass is 309 g/mol. The molecule has 2 heterocycles. The highest BCUT2D eigenvalue weighted by atomic mass is 32.1. The number of urea groups is 1. The van der Waals surface area contributed by atoms with Gasteiger partial charge < -0.3 is 15.3 Å². The Kier molecular flexibility index (Phi) is 4.77. The van der Waals surface area contributed by atoms with Gasteiger partial charge in [0.25, 0.3) is 0 Å². The Hall–Kier alpha value is -1.11. The Labute approximate surface area is 129 Å². The van der Waals surface area contributed by atoms with Crippen molar-refractivity contribution in [2.45, 2.75) is 31.8 Å². The zero-order valence-corrected chi connectivity index (χ0v) is 13.1. The van der Waals surface area contributed by atoms with E-state index >= 15 is 0 Å². The van der Waals surface area contributed by atoms with Gasteiger partial charge in [-0.3, -0.25) is 4.90 Å². The van der Waals surface area contributed by atoms with Crippen LogP contribution in [0.3, 0.4) is 0 Å². The maximum absolute atomic E-state index is 12.1. The third-order valence-corrected chi connectivity index (χ3v) is 5.20. The fourth-order valence-electron chi connectivity index (χ4n) is 2.86. The van der Waals surface area contributed by atoms with E-state index in [4.69, 9.17) is 5.11 Å². The number of rotatable bonds is 6. The van der Waals surface area contributed by atoms with Gasteiger partial charge in [-0.2, -0.15) is 0 Å². The molecule has 0 bridgehead atoms. The molecule has 0 saturated heterocycles. The molecule has 1 aromatic rings. The summed E-state index contributed by atoms with van der Waals surface area (Å²) in [7, 11) is 0. The van der Waals surface area contributed by atoms with E-state index in [9.17, 15) is 4.79 Å². The molecule has 6 heteroatoms. The molecule has 3 rings (SSSR count). The van der Waals surface area contributed by atoms with Crippen LogP contribution in [0.4, 0.5) is 4.79 Å². The van der Waals surface area contributed by atoms with Gasteiger partial charge in [-0.25, -0.2) is 4.79 Å². The molecule has 1 aliphatic heterocycles. The van der Waals surface area contributed by atoms with E-state index in [1.807, 2.05) is 11.3 Å². The summed E-state index contributed by atoms with van der Waals surface area (Å²) < 4.78 is 0. The number of aliphatic hydroxyl groups is 1. The first-order valence-electron chi connectivity index (χ1n) is 7.71. The molecule has 1 saturated carbocycles. The predicted octanol–water partition coefficient (Wildman–Crippen LogP) is 1.27. The van der Waals surface area contributed by atoms with E-state index in [-0.39, 0.29) is 12.6 Å². The van der Waals surface area contributed by atoms with Crippen LogP contribution >= 0.6 is 11.3 Å². The largest absolute Gasteiger partial charge is 0.395 e. The number of fused-ring (bicyclic) bond motifs is 1. The number of carbonyl (C=O) groups excluding carboxylic acids is 1. The van der Waals surface area contributed by atoms with E-state index in [0.717, 1.165) is 38.9 Å². The van der Waals surface area contributed by atoms with Gasteiger partial charge in [0.2, 0.25) is 0 Å². The minimum Gasteiger partial charge on any atom is -0.395 e. The van der Waals surface area contributed by atoms with Crippen molar-refractivity contribution < 1.29 is 9.90 Å². The summed E-state index contributed by atoms with van der Waals surface area (Å²) in [5, 5.41) is 14.2. The van der Waals surface area contributed by atoms with Gasteiger partial charge >= 0.3 is 6.03 Å². The highest BCUT2D eigenvalue weighted by Gasteiger charge is 2.31. The summed E-state index contributed by atoms with van der Waals surface area (Å²) in [5.41, 5.74) is 1.44. The molecule has 0 spiro atoms. The summed E-state index contributed by atoms with van der Waals surface area (Å²) in [6, 6.07) is 2.53. The van der Waals surface area contributed by atoms with Crippen LogP contribution in [0.1, 0.15) is 23.3 Å². The Balaban J connectivity index is 1.41. The second-order valence-electron chi connectivity index (χ2n) is 5.78.